The van der Waals surface area contributed by atoms with Crippen molar-refractivity contribution in [1.82, 2.24) is 4.98 Å². The fourth-order valence-electron chi connectivity index (χ4n) is 1.57. The molecule has 0 amide bonds. The van der Waals surface area contributed by atoms with Crippen LogP contribution in [0.4, 0.5) is 0 Å². The average molecular weight is 233 g/mol. The molecule has 94 valence electrons. The zero-order chi connectivity index (χ0) is 13.3. The molecule has 2 heteroatoms. The molecular weight excluding hydrogens is 210 g/mol. The maximum Gasteiger partial charge on any atom is 0.134 e. The molecule has 2 nitrogen and oxygen atoms in total. The van der Waals surface area contributed by atoms with Gasteiger partial charge in [0.05, 0.1) is 0 Å². The number of benzene rings is 1. The Morgan fingerprint density at radius 1 is 1.12 bits per heavy atom. The Kier molecular flexibility index (Phi) is 7.78. The highest BCUT2D eigenvalue weighted by molar-refractivity contribution is 5.88. The molecule has 0 unspecified atom stereocenters. The monoisotopic (exact) mass is 233 g/mol. The van der Waals surface area contributed by atoms with Crippen molar-refractivity contribution in [3.63, 3.8) is 0 Å². The molecule has 0 bridgehead atoms. The molecule has 1 aromatic carbocycles. The minimum absolute atomic E-state index is 0.203. The van der Waals surface area contributed by atoms with E-state index in [4.69, 9.17) is 0 Å². The number of hydrogen-bond donors (Lipinski definition) is 1. The van der Waals surface area contributed by atoms with Crippen molar-refractivity contribution >= 4 is 16.7 Å². The van der Waals surface area contributed by atoms with Crippen LogP contribution in [0.1, 0.15) is 40.2 Å². The predicted molar refractivity (Wildman–Crippen MR) is 75.4 cm³/mol. The number of aromatic nitrogens is 1. The number of Topliss-reactive ketones (excluding diaryl/α,β-unsaturated/α-hetero) is 1. The van der Waals surface area contributed by atoms with Gasteiger partial charge in [-0.25, -0.2) is 0 Å². The number of aromatic amines is 1. The normalized spacial score (nSPS) is 8.76. The Labute approximate surface area is 104 Å². The second-order valence-electron chi connectivity index (χ2n) is 3.23. The summed E-state index contributed by atoms with van der Waals surface area (Å²) >= 11 is 0. The largest absolute Gasteiger partial charge is 0.361 e. The molecule has 0 radical (unpaired) electrons. The van der Waals surface area contributed by atoms with Gasteiger partial charge in [0, 0.05) is 23.5 Å². The van der Waals surface area contributed by atoms with Gasteiger partial charge in [-0.2, -0.15) is 0 Å². The molecule has 0 atom stereocenters. The van der Waals surface area contributed by atoms with Crippen LogP contribution in [0.2, 0.25) is 0 Å². The van der Waals surface area contributed by atoms with Gasteiger partial charge in [-0.15, -0.1) is 0 Å². The van der Waals surface area contributed by atoms with Crippen LogP contribution in [0.5, 0.6) is 0 Å². The first kappa shape index (κ1) is 15.4. The summed E-state index contributed by atoms with van der Waals surface area (Å²) in [6, 6.07) is 7.99. The summed E-state index contributed by atoms with van der Waals surface area (Å²) in [5, 5.41) is 1.15. The molecule has 0 saturated heterocycles. The lowest BCUT2D eigenvalue weighted by molar-refractivity contribution is -0.116. The molecular formula is C15H23NO. The number of fused-ring (bicyclic) bond motifs is 1. The van der Waals surface area contributed by atoms with Crippen molar-refractivity contribution in [1.29, 1.82) is 0 Å². The molecule has 17 heavy (non-hydrogen) atoms. The van der Waals surface area contributed by atoms with Gasteiger partial charge in [0.1, 0.15) is 5.78 Å². The van der Waals surface area contributed by atoms with E-state index in [0.29, 0.717) is 6.42 Å². The number of ketones is 1. The van der Waals surface area contributed by atoms with Gasteiger partial charge in [0.15, 0.2) is 0 Å². The number of carbonyl (C=O) groups is 1. The highest BCUT2D eigenvalue weighted by Gasteiger charge is 2.02. The number of H-pyrrole nitrogens is 1. The highest BCUT2D eigenvalue weighted by atomic mass is 16.1. The lowest BCUT2D eigenvalue weighted by atomic mass is 10.1. The Bertz CT molecular complexity index is 443. The lowest BCUT2D eigenvalue weighted by Gasteiger charge is -1.99. The molecule has 2 aromatic rings. The summed E-state index contributed by atoms with van der Waals surface area (Å²) in [6.07, 6.45) is 2.42. The van der Waals surface area contributed by atoms with Crippen LogP contribution in [0.15, 0.2) is 30.5 Å². The Morgan fingerprint density at radius 3 is 2.35 bits per heavy atom. The van der Waals surface area contributed by atoms with E-state index in [1.54, 1.807) is 6.92 Å². The van der Waals surface area contributed by atoms with Crippen LogP contribution in [0.25, 0.3) is 10.9 Å². The van der Waals surface area contributed by atoms with E-state index >= 15 is 0 Å². The van der Waals surface area contributed by atoms with Crippen molar-refractivity contribution in [2.75, 3.05) is 0 Å². The third-order valence-corrected chi connectivity index (χ3v) is 2.12. The van der Waals surface area contributed by atoms with E-state index in [2.05, 4.69) is 4.98 Å². The second kappa shape index (κ2) is 8.57. The van der Waals surface area contributed by atoms with Gasteiger partial charge in [-0.1, -0.05) is 39.8 Å². The zero-order valence-corrected chi connectivity index (χ0v) is 11.5. The third-order valence-electron chi connectivity index (χ3n) is 2.12. The Morgan fingerprint density at radius 2 is 1.76 bits per heavy atom. The SMILES string of the molecule is CC.CC.CC(=O)Cc1cccc2[nH]ccc12. The van der Waals surface area contributed by atoms with E-state index in [1.807, 2.05) is 58.2 Å². The fraction of sp³-hybridized carbons (Fsp3) is 0.400. The zero-order valence-electron chi connectivity index (χ0n) is 11.5. The third kappa shape index (κ3) is 4.43. The average Bonchev–Trinajstić information content (AvgIpc) is 2.83. The number of nitrogens with one attached hydrogen (secondary N) is 1. The van der Waals surface area contributed by atoms with Crippen molar-refractivity contribution in [3.8, 4) is 0 Å². The highest BCUT2D eigenvalue weighted by Crippen LogP contribution is 2.17. The van der Waals surface area contributed by atoms with Crippen LogP contribution < -0.4 is 0 Å². The summed E-state index contributed by atoms with van der Waals surface area (Å²) in [4.78, 5) is 14.1. The second-order valence-corrected chi connectivity index (χ2v) is 3.23. The summed E-state index contributed by atoms with van der Waals surface area (Å²) < 4.78 is 0. The minimum Gasteiger partial charge on any atom is -0.361 e. The molecule has 0 saturated carbocycles. The van der Waals surface area contributed by atoms with Gasteiger partial charge in [0.2, 0.25) is 0 Å². The number of carbonyl (C=O) groups excluding carboxylic acids is 1. The molecule has 1 N–H and O–H groups in total. The van der Waals surface area contributed by atoms with Crippen molar-refractivity contribution in [2.45, 2.75) is 41.0 Å². The maximum absolute atomic E-state index is 11.0. The molecule has 1 aromatic heterocycles. The van der Waals surface area contributed by atoms with Crippen LogP contribution in [-0.2, 0) is 11.2 Å². The summed E-state index contributed by atoms with van der Waals surface area (Å²) in [6.45, 7) is 9.62. The van der Waals surface area contributed by atoms with Gasteiger partial charge in [0.25, 0.3) is 0 Å². The van der Waals surface area contributed by atoms with Gasteiger partial charge in [-0.05, 0) is 24.6 Å². The summed E-state index contributed by atoms with van der Waals surface area (Å²) in [7, 11) is 0. The quantitative estimate of drug-likeness (QED) is 0.821. The standard InChI is InChI=1S/C11H11NO.2C2H6/c1-8(13)7-9-3-2-4-11-10(9)5-6-12-11;2*1-2/h2-6,12H,7H2,1H3;2*1-2H3. The summed E-state index contributed by atoms with van der Waals surface area (Å²) in [5.74, 6) is 0.203. The number of hydrogen-bond acceptors (Lipinski definition) is 1. The van der Waals surface area contributed by atoms with E-state index in [9.17, 15) is 4.79 Å². The van der Waals surface area contributed by atoms with Crippen molar-refractivity contribution < 1.29 is 4.79 Å². The van der Waals surface area contributed by atoms with E-state index < -0.39 is 0 Å². The molecule has 0 aliphatic rings. The van der Waals surface area contributed by atoms with Gasteiger partial charge < -0.3 is 4.98 Å². The molecule has 0 fully saturated rings. The molecule has 0 spiro atoms. The Hall–Kier alpha value is -1.57. The van der Waals surface area contributed by atoms with E-state index in [0.717, 1.165) is 16.5 Å². The van der Waals surface area contributed by atoms with E-state index in [-0.39, 0.29) is 5.78 Å². The lowest BCUT2D eigenvalue weighted by Crippen LogP contribution is -1.96. The van der Waals surface area contributed by atoms with Crippen LogP contribution >= 0.6 is 0 Å². The van der Waals surface area contributed by atoms with E-state index in [1.165, 1.54) is 0 Å². The maximum atomic E-state index is 11.0. The first-order valence-electron chi connectivity index (χ1n) is 6.32. The minimum atomic E-state index is 0.203. The van der Waals surface area contributed by atoms with Gasteiger partial charge in [-0.3, -0.25) is 4.79 Å². The predicted octanol–water partition coefficient (Wildman–Crippen LogP) is 4.35. The molecule has 2 rings (SSSR count). The van der Waals surface area contributed by atoms with Crippen LogP contribution in [0.3, 0.4) is 0 Å². The first-order valence-corrected chi connectivity index (χ1v) is 6.32. The van der Waals surface area contributed by atoms with Gasteiger partial charge >= 0.3 is 0 Å². The number of rotatable bonds is 2. The van der Waals surface area contributed by atoms with Crippen LogP contribution in [-0.4, -0.2) is 10.8 Å². The summed E-state index contributed by atoms with van der Waals surface area (Å²) in [5.41, 5.74) is 2.20. The Balaban J connectivity index is 0.000000581. The smallest absolute Gasteiger partial charge is 0.134 e. The molecule has 0 aliphatic heterocycles. The molecule has 0 aliphatic carbocycles. The molecule has 1 heterocycles. The van der Waals surface area contributed by atoms with Crippen LogP contribution in [0, 0.1) is 0 Å². The fourth-order valence-corrected chi connectivity index (χ4v) is 1.57. The van der Waals surface area contributed by atoms with Crippen molar-refractivity contribution in [3.05, 3.63) is 36.0 Å². The topological polar surface area (TPSA) is 32.9 Å². The van der Waals surface area contributed by atoms with Crippen molar-refractivity contribution in [2.24, 2.45) is 0 Å². The first-order chi connectivity index (χ1) is 8.27.